The molecule has 4 rings (SSSR count). The molecule has 1 aliphatic rings. The van der Waals surface area contributed by atoms with Gasteiger partial charge in [0, 0.05) is 25.2 Å². The Morgan fingerprint density at radius 2 is 1.58 bits per heavy atom. The SMILES string of the molecule is CS(=O)(=O)N1CCc2ccc(C(=O)N(CCc3ccccc3)Cc3ccccc3)cc21. The second kappa shape index (κ2) is 8.94. The summed E-state index contributed by atoms with van der Waals surface area (Å²) in [4.78, 5) is 15.3. The number of rotatable bonds is 7. The molecule has 6 heteroatoms. The highest BCUT2D eigenvalue weighted by Gasteiger charge is 2.28. The zero-order valence-electron chi connectivity index (χ0n) is 17.6. The lowest BCUT2D eigenvalue weighted by Crippen LogP contribution is -2.33. The molecule has 0 aromatic heterocycles. The highest BCUT2D eigenvalue weighted by atomic mass is 32.2. The Kier molecular flexibility index (Phi) is 6.09. The van der Waals surface area contributed by atoms with Gasteiger partial charge in [0.05, 0.1) is 11.9 Å². The summed E-state index contributed by atoms with van der Waals surface area (Å²) in [5.74, 6) is -0.0945. The van der Waals surface area contributed by atoms with E-state index in [1.165, 1.54) is 16.1 Å². The van der Waals surface area contributed by atoms with Crippen molar-refractivity contribution in [3.05, 3.63) is 101 Å². The van der Waals surface area contributed by atoms with Crippen LogP contribution >= 0.6 is 0 Å². The number of sulfonamides is 1. The van der Waals surface area contributed by atoms with Gasteiger partial charge in [-0.05, 0) is 41.7 Å². The van der Waals surface area contributed by atoms with Gasteiger partial charge >= 0.3 is 0 Å². The number of hydrogen-bond acceptors (Lipinski definition) is 3. The minimum atomic E-state index is -3.37. The summed E-state index contributed by atoms with van der Waals surface area (Å²) < 4.78 is 25.7. The highest BCUT2D eigenvalue weighted by Crippen LogP contribution is 2.31. The lowest BCUT2D eigenvalue weighted by atomic mass is 10.1. The van der Waals surface area contributed by atoms with Crippen molar-refractivity contribution in [1.29, 1.82) is 0 Å². The van der Waals surface area contributed by atoms with Gasteiger partial charge in [-0.2, -0.15) is 0 Å². The third-order valence-corrected chi connectivity index (χ3v) is 6.78. The Labute approximate surface area is 184 Å². The molecule has 0 saturated carbocycles. The van der Waals surface area contributed by atoms with Crippen molar-refractivity contribution in [3.8, 4) is 0 Å². The summed E-state index contributed by atoms with van der Waals surface area (Å²) in [5.41, 5.74) is 4.32. The zero-order chi connectivity index (χ0) is 21.8. The van der Waals surface area contributed by atoms with Gasteiger partial charge < -0.3 is 4.90 Å². The van der Waals surface area contributed by atoms with Crippen LogP contribution < -0.4 is 4.31 Å². The van der Waals surface area contributed by atoms with E-state index in [4.69, 9.17) is 0 Å². The predicted molar refractivity (Wildman–Crippen MR) is 124 cm³/mol. The fraction of sp³-hybridized carbons (Fsp3) is 0.240. The molecule has 1 heterocycles. The minimum Gasteiger partial charge on any atom is -0.334 e. The van der Waals surface area contributed by atoms with Crippen LogP contribution in [0.5, 0.6) is 0 Å². The molecule has 0 unspecified atom stereocenters. The van der Waals surface area contributed by atoms with Crippen LogP contribution in [0.2, 0.25) is 0 Å². The molecule has 1 amide bonds. The molecule has 31 heavy (non-hydrogen) atoms. The number of benzene rings is 3. The molecule has 0 N–H and O–H groups in total. The molecule has 0 spiro atoms. The van der Waals surface area contributed by atoms with E-state index >= 15 is 0 Å². The molecule has 160 valence electrons. The number of anilines is 1. The van der Waals surface area contributed by atoms with Gasteiger partial charge in [-0.1, -0.05) is 66.7 Å². The number of fused-ring (bicyclic) bond motifs is 1. The van der Waals surface area contributed by atoms with E-state index in [9.17, 15) is 13.2 Å². The third-order valence-electron chi connectivity index (χ3n) is 5.60. The molecule has 5 nitrogen and oxygen atoms in total. The number of carbonyl (C=O) groups excluding carboxylic acids is 1. The monoisotopic (exact) mass is 434 g/mol. The number of hydrogen-bond donors (Lipinski definition) is 0. The normalized spacial score (nSPS) is 13.1. The van der Waals surface area contributed by atoms with Crippen molar-refractivity contribution in [1.82, 2.24) is 4.90 Å². The molecule has 1 aliphatic heterocycles. The molecular weight excluding hydrogens is 408 g/mol. The standard InChI is InChI=1S/C25H26N2O3S/c1-31(29,30)27-17-15-22-12-13-23(18-24(22)27)25(28)26(19-21-10-6-3-7-11-21)16-14-20-8-4-2-5-9-20/h2-13,18H,14-17,19H2,1H3. The van der Waals surface area contributed by atoms with Crippen molar-refractivity contribution < 1.29 is 13.2 Å². The van der Waals surface area contributed by atoms with E-state index in [1.54, 1.807) is 6.07 Å². The second-order valence-corrected chi connectivity index (χ2v) is 9.78. The van der Waals surface area contributed by atoms with Crippen LogP contribution in [0.1, 0.15) is 27.0 Å². The van der Waals surface area contributed by atoms with Gasteiger partial charge in [0.1, 0.15) is 0 Å². The van der Waals surface area contributed by atoms with E-state index in [0.717, 1.165) is 17.5 Å². The van der Waals surface area contributed by atoms with Crippen molar-refractivity contribution in [2.45, 2.75) is 19.4 Å². The maximum Gasteiger partial charge on any atom is 0.254 e. The van der Waals surface area contributed by atoms with Crippen LogP contribution in [-0.4, -0.2) is 38.6 Å². The van der Waals surface area contributed by atoms with Crippen LogP contribution in [0.25, 0.3) is 0 Å². The molecule has 3 aromatic rings. The molecule has 0 fully saturated rings. The molecule has 0 radical (unpaired) electrons. The van der Waals surface area contributed by atoms with E-state index in [-0.39, 0.29) is 5.91 Å². The maximum absolute atomic E-state index is 13.5. The summed E-state index contributed by atoms with van der Waals surface area (Å²) in [6.07, 6.45) is 2.62. The molecular formula is C25H26N2O3S. The first-order chi connectivity index (χ1) is 14.9. The Morgan fingerprint density at radius 3 is 2.23 bits per heavy atom. The number of amides is 1. The van der Waals surface area contributed by atoms with Crippen LogP contribution in [0.3, 0.4) is 0 Å². The Balaban J connectivity index is 1.61. The fourth-order valence-electron chi connectivity index (χ4n) is 3.97. The summed E-state index contributed by atoms with van der Waals surface area (Å²) in [5, 5.41) is 0. The van der Waals surface area contributed by atoms with Gasteiger partial charge in [-0.15, -0.1) is 0 Å². The first-order valence-electron chi connectivity index (χ1n) is 10.4. The fourth-order valence-corrected chi connectivity index (χ4v) is 4.93. The quantitative estimate of drug-likeness (QED) is 0.567. The summed E-state index contributed by atoms with van der Waals surface area (Å²) >= 11 is 0. The Hall–Kier alpha value is -3.12. The van der Waals surface area contributed by atoms with E-state index < -0.39 is 10.0 Å². The summed E-state index contributed by atoms with van der Waals surface area (Å²) in [6, 6.07) is 25.4. The average molecular weight is 435 g/mol. The van der Waals surface area contributed by atoms with Crippen LogP contribution in [0, 0.1) is 0 Å². The molecule has 3 aromatic carbocycles. The van der Waals surface area contributed by atoms with Gasteiger partial charge in [0.25, 0.3) is 5.91 Å². The lowest BCUT2D eigenvalue weighted by Gasteiger charge is -2.24. The van der Waals surface area contributed by atoms with Gasteiger partial charge in [-0.25, -0.2) is 8.42 Å². The van der Waals surface area contributed by atoms with Gasteiger partial charge in [-0.3, -0.25) is 9.10 Å². The van der Waals surface area contributed by atoms with E-state index in [1.807, 2.05) is 65.6 Å². The Bertz CT molecular complexity index is 1160. The Morgan fingerprint density at radius 1 is 0.935 bits per heavy atom. The van der Waals surface area contributed by atoms with Crippen molar-refractivity contribution >= 4 is 21.6 Å². The largest absolute Gasteiger partial charge is 0.334 e. The smallest absolute Gasteiger partial charge is 0.254 e. The maximum atomic E-state index is 13.5. The molecule has 0 bridgehead atoms. The van der Waals surface area contributed by atoms with Crippen molar-refractivity contribution in [3.63, 3.8) is 0 Å². The topological polar surface area (TPSA) is 57.7 Å². The molecule has 0 atom stereocenters. The van der Waals surface area contributed by atoms with E-state index in [2.05, 4.69) is 12.1 Å². The van der Waals surface area contributed by atoms with E-state index in [0.29, 0.717) is 37.3 Å². The first-order valence-corrected chi connectivity index (χ1v) is 12.2. The minimum absolute atomic E-state index is 0.0945. The van der Waals surface area contributed by atoms with Crippen LogP contribution in [-0.2, 0) is 29.4 Å². The van der Waals surface area contributed by atoms with Crippen molar-refractivity contribution in [2.75, 3.05) is 23.7 Å². The molecule has 0 aliphatic carbocycles. The average Bonchev–Trinajstić information content (AvgIpc) is 3.21. The van der Waals surface area contributed by atoms with Gasteiger partial charge in [0.15, 0.2) is 0 Å². The van der Waals surface area contributed by atoms with Crippen LogP contribution in [0.4, 0.5) is 5.69 Å². The predicted octanol–water partition coefficient (Wildman–Crippen LogP) is 3.89. The lowest BCUT2D eigenvalue weighted by molar-refractivity contribution is 0.0745. The third kappa shape index (κ3) is 4.97. The number of nitrogens with zero attached hydrogens (tertiary/aromatic N) is 2. The highest BCUT2D eigenvalue weighted by molar-refractivity contribution is 7.92. The first kappa shape index (κ1) is 21.1. The summed E-state index contributed by atoms with van der Waals surface area (Å²) in [6.45, 7) is 1.50. The van der Waals surface area contributed by atoms with Gasteiger partial charge in [0.2, 0.25) is 10.0 Å². The summed E-state index contributed by atoms with van der Waals surface area (Å²) in [7, 11) is -3.37. The zero-order valence-corrected chi connectivity index (χ0v) is 18.4. The second-order valence-electron chi connectivity index (χ2n) is 7.88. The van der Waals surface area contributed by atoms with Crippen LogP contribution in [0.15, 0.2) is 78.9 Å². The van der Waals surface area contributed by atoms with Crippen molar-refractivity contribution in [2.24, 2.45) is 0 Å². The number of carbonyl (C=O) groups is 1. The molecule has 0 saturated heterocycles.